The zero-order valence-electron chi connectivity index (χ0n) is 17.1. The Morgan fingerprint density at radius 1 is 1.00 bits per heavy atom. The van der Waals surface area contributed by atoms with E-state index in [2.05, 4.69) is 9.88 Å². The summed E-state index contributed by atoms with van der Waals surface area (Å²) in [6, 6.07) is 15.6. The summed E-state index contributed by atoms with van der Waals surface area (Å²) < 4.78 is 38.3. The Bertz CT molecular complexity index is 1090. The summed E-state index contributed by atoms with van der Waals surface area (Å²) in [4.78, 5) is 8.81. The molecular formula is C22H25N3O4S. The van der Waals surface area contributed by atoms with E-state index in [0.29, 0.717) is 31.1 Å². The molecule has 0 bridgehead atoms. The summed E-state index contributed by atoms with van der Waals surface area (Å²) in [5, 5.41) is -0.0397. The first kappa shape index (κ1) is 20.4. The van der Waals surface area contributed by atoms with Crippen LogP contribution in [0.5, 0.6) is 5.75 Å². The van der Waals surface area contributed by atoms with Crippen molar-refractivity contribution in [3.63, 3.8) is 0 Å². The van der Waals surface area contributed by atoms with Crippen LogP contribution in [0.15, 0.2) is 68.9 Å². The lowest BCUT2D eigenvalue weighted by Crippen LogP contribution is -2.44. The lowest BCUT2D eigenvalue weighted by molar-refractivity contribution is 0.305. The van der Waals surface area contributed by atoms with Crippen LogP contribution in [0.25, 0.3) is 11.5 Å². The van der Waals surface area contributed by atoms with Gasteiger partial charge in [-0.05, 0) is 50.4 Å². The van der Waals surface area contributed by atoms with Gasteiger partial charge in [-0.2, -0.15) is 4.98 Å². The molecule has 7 nitrogen and oxygen atoms in total. The average molecular weight is 428 g/mol. The van der Waals surface area contributed by atoms with E-state index in [1.165, 1.54) is 0 Å². The maximum absolute atomic E-state index is 13.4. The predicted octanol–water partition coefficient (Wildman–Crippen LogP) is 3.32. The lowest BCUT2D eigenvalue weighted by atomic mass is 10.2. The molecule has 2 heterocycles. The Kier molecular flexibility index (Phi) is 5.78. The molecule has 0 N–H and O–H groups in total. The standard InChI is InChI=1S/C22H25N3O4S/c1-3-28-18-11-9-17(10-12-18)20-23-21(30(26,27)19-7-5-4-6-8-19)22(29-20)25-15-13-24(2)14-16-25/h4-12H,3,13-16H2,1-2H3. The number of piperazine rings is 1. The fraction of sp³-hybridized carbons (Fsp3) is 0.318. The number of ether oxygens (including phenoxy) is 1. The molecule has 1 aliphatic rings. The first-order chi connectivity index (χ1) is 14.5. The minimum Gasteiger partial charge on any atom is -0.494 e. The number of anilines is 1. The SMILES string of the molecule is CCOc1ccc(-c2nc(S(=O)(=O)c3ccccc3)c(N3CCN(C)CC3)o2)cc1. The third-order valence-corrected chi connectivity index (χ3v) is 6.76. The second kappa shape index (κ2) is 8.49. The minimum absolute atomic E-state index is 0.0397. The number of rotatable bonds is 6. The maximum atomic E-state index is 13.4. The number of likely N-dealkylation sites (N-methyl/N-ethyl adjacent to an activating group) is 1. The second-order valence-electron chi connectivity index (χ2n) is 7.19. The molecule has 1 fully saturated rings. The Balaban J connectivity index is 1.77. The Morgan fingerprint density at radius 3 is 2.30 bits per heavy atom. The zero-order chi connectivity index (χ0) is 21.1. The fourth-order valence-corrected chi connectivity index (χ4v) is 4.72. The highest BCUT2D eigenvalue weighted by atomic mass is 32.2. The van der Waals surface area contributed by atoms with E-state index in [1.54, 1.807) is 30.3 Å². The van der Waals surface area contributed by atoms with Crippen LogP contribution in [-0.2, 0) is 9.84 Å². The molecule has 8 heteroatoms. The lowest BCUT2D eigenvalue weighted by Gasteiger charge is -2.32. The second-order valence-corrected chi connectivity index (χ2v) is 9.06. The number of sulfone groups is 1. The van der Waals surface area contributed by atoms with E-state index >= 15 is 0 Å². The first-order valence-corrected chi connectivity index (χ1v) is 11.4. The largest absolute Gasteiger partial charge is 0.494 e. The number of aromatic nitrogens is 1. The normalized spacial score (nSPS) is 15.3. The molecule has 0 radical (unpaired) electrons. The Morgan fingerprint density at radius 2 is 1.67 bits per heavy atom. The van der Waals surface area contributed by atoms with Crippen molar-refractivity contribution in [3.05, 3.63) is 54.6 Å². The van der Waals surface area contributed by atoms with Gasteiger partial charge in [-0.25, -0.2) is 8.42 Å². The molecule has 0 atom stereocenters. The summed E-state index contributed by atoms with van der Waals surface area (Å²) in [6.07, 6.45) is 0. The number of hydrogen-bond donors (Lipinski definition) is 0. The van der Waals surface area contributed by atoms with E-state index in [1.807, 2.05) is 43.1 Å². The molecular weight excluding hydrogens is 402 g/mol. The predicted molar refractivity (Wildman–Crippen MR) is 115 cm³/mol. The van der Waals surface area contributed by atoms with E-state index in [0.717, 1.165) is 18.8 Å². The molecule has 4 rings (SSSR count). The third-order valence-electron chi connectivity index (χ3n) is 5.09. The van der Waals surface area contributed by atoms with Gasteiger partial charge in [-0.3, -0.25) is 0 Å². The van der Waals surface area contributed by atoms with Gasteiger partial charge in [0.15, 0.2) is 0 Å². The fourth-order valence-electron chi connectivity index (χ4n) is 3.38. The molecule has 2 aromatic carbocycles. The average Bonchev–Trinajstić information content (AvgIpc) is 3.22. The van der Waals surface area contributed by atoms with Gasteiger partial charge in [0, 0.05) is 31.7 Å². The zero-order valence-corrected chi connectivity index (χ0v) is 17.9. The van der Waals surface area contributed by atoms with Crippen LogP contribution in [0.1, 0.15) is 6.92 Å². The van der Waals surface area contributed by atoms with E-state index < -0.39 is 9.84 Å². The molecule has 0 amide bonds. The van der Waals surface area contributed by atoms with Crippen LogP contribution in [-0.4, -0.2) is 58.1 Å². The minimum atomic E-state index is -3.82. The van der Waals surface area contributed by atoms with Gasteiger partial charge in [0.25, 0.3) is 0 Å². The van der Waals surface area contributed by atoms with Gasteiger partial charge in [0.1, 0.15) is 5.75 Å². The highest BCUT2D eigenvalue weighted by molar-refractivity contribution is 7.91. The van der Waals surface area contributed by atoms with Crippen molar-refractivity contribution in [1.82, 2.24) is 9.88 Å². The Hall–Kier alpha value is -2.84. The smallest absolute Gasteiger partial charge is 0.236 e. The number of benzene rings is 2. The molecule has 158 valence electrons. The highest BCUT2D eigenvalue weighted by Crippen LogP contribution is 2.35. The monoisotopic (exact) mass is 427 g/mol. The quantitative estimate of drug-likeness (QED) is 0.597. The summed E-state index contributed by atoms with van der Waals surface area (Å²) in [5.74, 6) is 1.32. The van der Waals surface area contributed by atoms with Gasteiger partial charge in [0.05, 0.1) is 11.5 Å². The van der Waals surface area contributed by atoms with Crippen LogP contribution in [0.2, 0.25) is 0 Å². The van der Waals surface area contributed by atoms with Crippen molar-refractivity contribution in [2.45, 2.75) is 16.8 Å². The van der Waals surface area contributed by atoms with Crippen LogP contribution < -0.4 is 9.64 Å². The molecule has 0 aliphatic carbocycles. The first-order valence-electron chi connectivity index (χ1n) is 9.96. The van der Waals surface area contributed by atoms with Crippen molar-refractivity contribution in [2.24, 2.45) is 0 Å². The van der Waals surface area contributed by atoms with Crippen LogP contribution in [0, 0.1) is 0 Å². The summed E-state index contributed by atoms with van der Waals surface area (Å²) in [5.41, 5.74) is 0.698. The number of oxazole rings is 1. The van der Waals surface area contributed by atoms with Gasteiger partial charge < -0.3 is 19.0 Å². The molecule has 0 unspecified atom stereocenters. The topological polar surface area (TPSA) is 75.9 Å². The van der Waals surface area contributed by atoms with E-state index in [9.17, 15) is 8.42 Å². The van der Waals surface area contributed by atoms with Crippen LogP contribution in [0.4, 0.5) is 5.88 Å². The molecule has 1 saturated heterocycles. The highest BCUT2D eigenvalue weighted by Gasteiger charge is 2.32. The van der Waals surface area contributed by atoms with E-state index in [-0.39, 0.29) is 15.8 Å². The summed E-state index contributed by atoms with van der Waals surface area (Å²) in [6.45, 7) is 5.49. The molecule has 30 heavy (non-hydrogen) atoms. The van der Waals surface area contributed by atoms with Crippen molar-refractivity contribution >= 4 is 15.7 Å². The van der Waals surface area contributed by atoms with Crippen molar-refractivity contribution in [1.29, 1.82) is 0 Å². The van der Waals surface area contributed by atoms with Gasteiger partial charge in [0.2, 0.25) is 26.6 Å². The number of nitrogens with zero attached hydrogens (tertiary/aromatic N) is 3. The molecule has 0 saturated carbocycles. The van der Waals surface area contributed by atoms with Crippen molar-refractivity contribution < 1.29 is 17.6 Å². The summed E-state index contributed by atoms with van der Waals surface area (Å²) >= 11 is 0. The van der Waals surface area contributed by atoms with E-state index in [4.69, 9.17) is 9.15 Å². The summed E-state index contributed by atoms with van der Waals surface area (Å²) in [7, 11) is -1.77. The maximum Gasteiger partial charge on any atom is 0.236 e. The van der Waals surface area contributed by atoms with Crippen LogP contribution in [0.3, 0.4) is 0 Å². The van der Waals surface area contributed by atoms with Crippen LogP contribution >= 0.6 is 0 Å². The molecule has 0 spiro atoms. The van der Waals surface area contributed by atoms with Gasteiger partial charge in [-0.1, -0.05) is 18.2 Å². The van der Waals surface area contributed by atoms with Gasteiger partial charge in [-0.15, -0.1) is 0 Å². The van der Waals surface area contributed by atoms with Crippen molar-refractivity contribution in [3.8, 4) is 17.2 Å². The third kappa shape index (κ3) is 4.06. The number of hydrogen-bond acceptors (Lipinski definition) is 7. The van der Waals surface area contributed by atoms with Gasteiger partial charge >= 0.3 is 0 Å². The molecule has 1 aromatic heterocycles. The molecule has 1 aliphatic heterocycles. The molecule has 3 aromatic rings. The Labute approximate surface area is 176 Å². The van der Waals surface area contributed by atoms with Crippen molar-refractivity contribution in [2.75, 3.05) is 44.7 Å².